The van der Waals surface area contributed by atoms with Crippen molar-refractivity contribution >= 4 is 17.7 Å². The second-order valence-corrected chi connectivity index (χ2v) is 7.03. The number of aliphatic hydroxyl groups is 1. The van der Waals surface area contributed by atoms with E-state index >= 15 is 0 Å². The first-order valence-electron chi connectivity index (χ1n) is 8.49. The number of nitro groups is 1. The molecule has 1 amide bonds. The summed E-state index contributed by atoms with van der Waals surface area (Å²) in [5.41, 5.74) is 1.46. The third-order valence-corrected chi connectivity index (χ3v) is 3.84. The average Bonchev–Trinajstić information content (AvgIpc) is 3.02. The number of nitrogens with zero attached hydrogens (tertiary/aromatic N) is 4. The van der Waals surface area contributed by atoms with Gasteiger partial charge in [-0.1, -0.05) is 17.1 Å². The Morgan fingerprint density at radius 2 is 2.11 bits per heavy atom. The van der Waals surface area contributed by atoms with Crippen LogP contribution in [0.1, 0.15) is 31.9 Å². The first-order valence-corrected chi connectivity index (χ1v) is 8.49. The SMILES string of the molecule is Cc1c(Cn2ccnc2[N+](=O)[O-])cccc1N(CCO)C(=O)OC(C)(C)C. The van der Waals surface area contributed by atoms with Crippen LogP contribution in [0.25, 0.3) is 0 Å². The van der Waals surface area contributed by atoms with Crippen molar-refractivity contribution in [3.8, 4) is 0 Å². The lowest BCUT2D eigenvalue weighted by Gasteiger charge is -2.28. The van der Waals surface area contributed by atoms with Gasteiger partial charge in [0.25, 0.3) is 0 Å². The van der Waals surface area contributed by atoms with Gasteiger partial charge in [-0.05, 0) is 49.8 Å². The number of anilines is 1. The van der Waals surface area contributed by atoms with Crippen LogP contribution >= 0.6 is 0 Å². The van der Waals surface area contributed by atoms with Crippen LogP contribution in [0.5, 0.6) is 0 Å². The molecule has 0 aliphatic carbocycles. The van der Waals surface area contributed by atoms with Crippen molar-refractivity contribution in [2.45, 2.75) is 39.8 Å². The number of carbonyl (C=O) groups excluding carboxylic acids is 1. The summed E-state index contributed by atoms with van der Waals surface area (Å²) in [7, 11) is 0. The Morgan fingerprint density at radius 3 is 2.70 bits per heavy atom. The lowest BCUT2D eigenvalue weighted by Crippen LogP contribution is -2.39. The van der Waals surface area contributed by atoms with E-state index in [2.05, 4.69) is 4.98 Å². The molecule has 2 aromatic rings. The zero-order valence-electron chi connectivity index (χ0n) is 15.9. The van der Waals surface area contributed by atoms with Gasteiger partial charge >= 0.3 is 12.0 Å². The highest BCUT2D eigenvalue weighted by molar-refractivity contribution is 5.89. The van der Waals surface area contributed by atoms with Gasteiger partial charge in [0.05, 0.1) is 25.4 Å². The Kier molecular flexibility index (Phi) is 6.17. The monoisotopic (exact) mass is 376 g/mol. The molecule has 0 radical (unpaired) electrons. The van der Waals surface area contributed by atoms with Crippen molar-refractivity contribution in [2.75, 3.05) is 18.1 Å². The van der Waals surface area contributed by atoms with Crippen LogP contribution in [0.15, 0.2) is 30.6 Å². The van der Waals surface area contributed by atoms with Crippen molar-refractivity contribution < 1.29 is 19.6 Å². The molecule has 1 heterocycles. The molecule has 9 nitrogen and oxygen atoms in total. The fourth-order valence-electron chi connectivity index (χ4n) is 2.64. The first kappa shape index (κ1) is 20.4. The number of imidazole rings is 1. The Bertz CT molecular complexity index is 825. The van der Waals surface area contributed by atoms with E-state index in [1.54, 1.807) is 32.9 Å². The van der Waals surface area contributed by atoms with E-state index in [0.29, 0.717) is 5.69 Å². The van der Waals surface area contributed by atoms with Gasteiger partial charge in [-0.25, -0.2) is 9.36 Å². The maximum atomic E-state index is 12.6. The number of amides is 1. The van der Waals surface area contributed by atoms with Crippen LogP contribution < -0.4 is 4.90 Å². The van der Waals surface area contributed by atoms with Gasteiger partial charge in [-0.3, -0.25) is 4.90 Å². The number of aliphatic hydroxyl groups excluding tert-OH is 1. The Labute approximate surface area is 157 Å². The van der Waals surface area contributed by atoms with Crippen LogP contribution in [-0.2, 0) is 11.3 Å². The lowest BCUT2D eigenvalue weighted by molar-refractivity contribution is -0.396. The first-order chi connectivity index (χ1) is 12.6. The highest BCUT2D eigenvalue weighted by Crippen LogP contribution is 2.26. The minimum Gasteiger partial charge on any atom is -0.443 e. The number of carbonyl (C=O) groups is 1. The van der Waals surface area contributed by atoms with Crippen molar-refractivity contribution in [3.05, 3.63) is 51.8 Å². The third-order valence-electron chi connectivity index (χ3n) is 3.84. The summed E-state index contributed by atoms with van der Waals surface area (Å²) >= 11 is 0. The van der Waals surface area contributed by atoms with Crippen molar-refractivity contribution in [3.63, 3.8) is 0 Å². The summed E-state index contributed by atoms with van der Waals surface area (Å²) in [5, 5.41) is 20.4. The van der Waals surface area contributed by atoms with Gasteiger partial charge < -0.3 is 20.0 Å². The van der Waals surface area contributed by atoms with E-state index in [4.69, 9.17) is 4.74 Å². The Morgan fingerprint density at radius 1 is 1.41 bits per heavy atom. The second kappa shape index (κ2) is 8.17. The molecule has 0 saturated heterocycles. The maximum absolute atomic E-state index is 12.6. The summed E-state index contributed by atoms with van der Waals surface area (Å²) in [6.45, 7) is 7.20. The van der Waals surface area contributed by atoms with Crippen LogP contribution in [0.2, 0.25) is 0 Å². The summed E-state index contributed by atoms with van der Waals surface area (Å²) in [4.78, 5) is 28.2. The van der Waals surface area contributed by atoms with Crippen LogP contribution in [0.3, 0.4) is 0 Å². The smallest absolute Gasteiger partial charge is 0.434 e. The van der Waals surface area contributed by atoms with Crippen LogP contribution in [-0.4, -0.2) is 44.4 Å². The van der Waals surface area contributed by atoms with Gasteiger partial charge in [-0.15, -0.1) is 0 Å². The normalized spacial score (nSPS) is 11.3. The van der Waals surface area contributed by atoms with E-state index in [9.17, 15) is 20.0 Å². The van der Waals surface area contributed by atoms with Crippen LogP contribution in [0, 0.1) is 17.0 Å². The predicted molar refractivity (Wildman–Crippen MR) is 99.8 cm³/mol. The topological polar surface area (TPSA) is 111 Å². The molecule has 1 aromatic heterocycles. The van der Waals surface area contributed by atoms with Gasteiger partial charge in [0, 0.05) is 0 Å². The van der Waals surface area contributed by atoms with Crippen molar-refractivity contribution in [1.29, 1.82) is 0 Å². The number of benzene rings is 1. The summed E-state index contributed by atoms with van der Waals surface area (Å²) in [6, 6.07) is 5.34. The van der Waals surface area contributed by atoms with E-state index in [0.717, 1.165) is 11.1 Å². The molecular formula is C18H24N4O5. The Hall–Kier alpha value is -2.94. The molecular weight excluding hydrogens is 352 g/mol. The van der Waals surface area contributed by atoms with E-state index < -0.39 is 16.6 Å². The quantitative estimate of drug-likeness (QED) is 0.613. The molecule has 0 fully saturated rings. The third kappa shape index (κ3) is 5.04. The van der Waals surface area contributed by atoms with Gasteiger partial charge in [-0.2, -0.15) is 0 Å². The fraction of sp³-hybridized carbons (Fsp3) is 0.444. The number of hydrogen-bond acceptors (Lipinski definition) is 6. The largest absolute Gasteiger partial charge is 0.443 e. The Balaban J connectivity index is 2.37. The molecule has 0 saturated carbocycles. The highest BCUT2D eigenvalue weighted by Gasteiger charge is 2.25. The van der Waals surface area contributed by atoms with Gasteiger partial charge in [0.15, 0.2) is 0 Å². The molecule has 27 heavy (non-hydrogen) atoms. The molecule has 0 atom stereocenters. The van der Waals surface area contributed by atoms with Gasteiger partial charge in [0.2, 0.25) is 0 Å². The standard InChI is InChI=1S/C18H24N4O5/c1-13-14(12-20-9-8-19-16(20)22(25)26)6-5-7-15(13)21(10-11-23)17(24)27-18(2,3)4/h5-9,23H,10-12H2,1-4H3. The molecule has 2 rings (SSSR count). The maximum Gasteiger partial charge on any atom is 0.434 e. The fourth-order valence-corrected chi connectivity index (χ4v) is 2.64. The number of aromatic nitrogens is 2. The minimum absolute atomic E-state index is 0.0738. The van der Waals surface area contributed by atoms with E-state index in [1.165, 1.54) is 21.9 Å². The summed E-state index contributed by atoms with van der Waals surface area (Å²) in [5.74, 6) is -0.251. The molecule has 9 heteroatoms. The zero-order chi connectivity index (χ0) is 20.2. The second-order valence-electron chi connectivity index (χ2n) is 7.03. The minimum atomic E-state index is -0.673. The number of rotatable bonds is 6. The molecule has 1 N–H and O–H groups in total. The lowest BCUT2D eigenvalue weighted by atomic mass is 10.1. The molecule has 0 spiro atoms. The van der Waals surface area contributed by atoms with Gasteiger partial charge in [0.1, 0.15) is 18.0 Å². The summed E-state index contributed by atoms with van der Waals surface area (Å²) < 4.78 is 6.86. The van der Waals surface area contributed by atoms with Crippen molar-refractivity contribution in [1.82, 2.24) is 9.55 Å². The molecule has 0 bridgehead atoms. The molecule has 0 aliphatic heterocycles. The molecule has 0 aliphatic rings. The van der Waals surface area contributed by atoms with Crippen LogP contribution in [0.4, 0.5) is 16.4 Å². The molecule has 146 valence electrons. The van der Waals surface area contributed by atoms with Crippen molar-refractivity contribution in [2.24, 2.45) is 0 Å². The average molecular weight is 376 g/mol. The molecule has 1 aromatic carbocycles. The highest BCUT2D eigenvalue weighted by atomic mass is 16.6. The predicted octanol–water partition coefficient (Wildman–Crippen LogP) is 2.88. The van der Waals surface area contributed by atoms with E-state index in [1.807, 2.05) is 13.0 Å². The number of hydrogen-bond donors (Lipinski definition) is 1. The summed E-state index contributed by atoms with van der Waals surface area (Å²) in [6.07, 6.45) is 2.34. The van der Waals surface area contributed by atoms with E-state index in [-0.39, 0.29) is 25.6 Å². The number of ether oxygens (including phenoxy) is 1. The molecule has 0 unspecified atom stereocenters. The zero-order valence-corrected chi connectivity index (χ0v) is 15.9.